The van der Waals surface area contributed by atoms with Gasteiger partial charge < -0.3 is 0 Å². The summed E-state index contributed by atoms with van der Waals surface area (Å²) in [5.41, 5.74) is 0. The smallest absolute Gasteiger partial charge is 0.138 e. The average Bonchev–Trinajstić information content (AvgIpc) is 2.34. The molecule has 0 heterocycles. The van der Waals surface area contributed by atoms with E-state index in [0.717, 1.165) is 0 Å². The third-order valence-electron chi connectivity index (χ3n) is 1.72. The third kappa shape index (κ3) is 4.28. The fourth-order valence-electron chi connectivity index (χ4n) is 1.11. The van der Waals surface area contributed by atoms with Crippen molar-refractivity contribution in [3.05, 3.63) is 60.7 Å². The van der Waals surface area contributed by atoms with Crippen LogP contribution in [0.4, 0.5) is 0 Å². The molecule has 0 aromatic heterocycles. The second-order valence-corrected chi connectivity index (χ2v) is 3.88. The van der Waals surface area contributed by atoms with Crippen molar-refractivity contribution in [3.63, 3.8) is 0 Å². The van der Waals surface area contributed by atoms with Gasteiger partial charge in [0.2, 0.25) is 0 Å². The van der Waals surface area contributed by atoms with Crippen molar-refractivity contribution < 1.29 is 4.57 Å². The molecule has 0 saturated heterocycles. The second kappa shape index (κ2) is 7.22. The van der Waals surface area contributed by atoms with E-state index in [9.17, 15) is 0 Å². The van der Waals surface area contributed by atoms with Crippen molar-refractivity contribution in [1.82, 2.24) is 0 Å². The Bertz CT molecular complexity index is 340. The number of hydrogen-bond donors (Lipinski definition) is 0. The molecule has 0 bridgehead atoms. The minimum absolute atomic E-state index is 1.29. The molecule has 15 heavy (non-hydrogen) atoms. The molecule has 3 heteroatoms. The maximum atomic E-state index is 8.06. The molecular weight excluding hydrogens is 223 g/mol. The van der Waals surface area contributed by atoms with Crippen LogP contribution in [0.25, 0.3) is 0 Å². The van der Waals surface area contributed by atoms with Crippen molar-refractivity contribution in [2.75, 3.05) is 0 Å². The van der Waals surface area contributed by atoms with Gasteiger partial charge >= 0.3 is 0 Å². The Morgan fingerprint density at radius 3 is 1.33 bits per heavy atom. The first-order valence-corrected chi connectivity index (χ1v) is 5.66. The maximum Gasteiger partial charge on any atom is 0.138 e. The number of benzene rings is 2. The highest BCUT2D eigenvalue weighted by Gasteiger charge is 1.93. The second-order valence-electron chi connectivity index (χ2n) is 2.73. The van der Waals surface area contributed by atoms with E-state index in [1.54, 1.807) is 20.9 Å². The van der Waals surface area contributed by atoms with Crippen LogP contribution < -0.4 is 0 Å². The van der Waals surface area contributed by atoms with Crippen LogP contribution in [-0.4, -0.2) is 0 Å². The fraction of sp³-hybridized carbons (Fsp3) is 0. The van der Waals surface area contributed by atoms with Crippen molar-refractivity contribution in [3.8, 4) is 0 Å². The van der Waals surface area contributed by atoms with Gasteiger partial charge in [-0.1, -0.05) is 48.2 Å². The quantitative estimate of drug-likeness (QED) is 0.720. The third-order valence-corrected chi connectivity index (χ3v) is 2.74. The van der Waals surface area contributed by atoms with Crippen molar-refractivity contribution in [2.24, 2.45) is 0 Å². The van der Waals surface area contributed by atoms with E-state index in [2.05, 4.69) is 48.5 Å². The van der Waals surface area contributed by atoms with Crippen LogP contribution in [0.1, 0.15) is 0 Å². The monoisotopic (exact) mass is 234 g/mol. The Kier molecular flexibility index (Phi) is 5.76. The summed E-state index contributed by atoms with van der Waals surface area (Å²) in [5.74, 6) is 0. The molecule has 0 spiro atoms. The predicted molar refractivity (Wildman–Crippen MR) is 66.0 cm³/mol. The lowest BCUT2D eigenvalue weighted by Crippen LogP contribution is -1.70. The molecule has 0 saturated carbocycles. The van der Waals surface area contributed by atoms with Gasteiger partial charge in [0.15, 0.2) is 0 Å². The van der Waals surface area contributed by atoms with Gasteiger partial charge in [0.05, 0.1) is 0 Å². The van der Waals surface area contributed by atoms with E-state index < -0.39 is 0 Å². The Morgan fingerprint density at radius 1 is 0.667 bits per heavy atom. The molecule has 0 fully saturated rings. The lowest BCUT2D eigenvalue weighted by Gasteiger charge is -1.99. The van der Waals surface area contributed by atoms with Crippen LogP contribution in [0, 0.1) is 0 Å². The van der Waals surface area contributed by atoms with Gasteiger partial charge in [-0.15, -0.1) is 0 Å². The minimum Gasteiger partial charge on any atom is -0.279 e. The summed E-state index contributed by atoms with van der Waals surface area (Å²) in [7, 11) is 1.72. The molecule has 0 aliphatic rings. The molecule has 1 nitrogen and oxygen atoms in total. The standard InChI is InChI=1S/C12H10S.HOP/c1-3-7-11(8-4-1)13-12-9-5-2-6-10-12;1-2/h1-10H;2H. The summed E-state index contributed by atoms with van der Waals surface area (Å²) >= 11 is 1.79. The van der Waals surface area contributed by atoms with E-state index in [4.69, 9.17) is 4.57 Å². The molecular formula is C12H11OPS. The van der Waals surface area contributed by atoms with Crippen LogP contribution in [0.5, 0.6) is 0 Å². The average molecular weight is 234 g/mol. The van der Waals surface area contributed by atoms with Crippen LogP contribution in [-0.2, 0) is 4.57 Å². The summed E-state index contributed by atoms with van der Waals surface area (Å²) in [5, 5.41) is 0. The van der Waals surface area contributed by atoms with Gasteiger partial charge in [0.1, 0.15) is 9.12 Å². The molecule has 0 atom stereocenters. The Balaban J connectivity index is 0.000000531. The molecule has 0 radical (unpaired) electrons. The van der Waals surface area contributed by atoms with Gasteiger partial charge in [-0.2, -0.15) is 0 Å². The van der Waals surface area contributed by atoms with Gasteiger partial charge in [0.25, 0.3) is 0 Å². The highest BCUT2D eigenvalue weighted by molar-refractivity contribution is 7.99. The largest absolute Gasteiger partial charge is 0.279 e. The van der Waals surface area contributed by atoms with E-state index in [1.165, 1.54) is 9.79 Å². The Morgan fingerprint density at radius 2 is 1.00 bits per heavy atom. The molecule has 0 amide bonds. The number of rotatable bonds is 2. The van der Waals surface area contributed by atoms with Crippen molar-refractivity contribution >= 4 is 20.9 Å². The van der Waals surface area contributed by atoms with E-state index >= 15 is 0 Å². The summed E-state index contributed by atoms with van der Waals surface area (Å²) in [6.07, 6.45) is 0. The zero-order valence-electron chi connectivity index (χ0n) is 8.09. The summed E-state index contributed by atoms with van der Waals surface area (Å²) < 4.78 is 8.06. The normalized spacial score (nSPS) is 8.80. The van der Waals surface area contributed by atoms with Crippen LogP contribution >= 0.6 is 20.9 Å². The molecule has 76 valence electrons. The van der Waals surface area contributed by atoms with Gasteiger partial charge in [-0.25, -0.2) is 0 Å². The highest BCUT2D eigenvalue weighted by Crippen LogP contribution is 2.26. The molecule has 2 aromatic rings. The molecule has 0 aliphatic heterocycles. The molecule has 0 N–H and O–H groups in total. The highest BCUT2D eigenvalue weighted by atomic mass is 32.2. The Labute approximate surface area is 96.2 Å². The fourth-order valence-corrected chi connectivity index (χ4v) is 1.97. The maximum absolute atomic E-state index is 8.06. The zero-order valence-corrected chi connectivity index (χ0v) is 9.91. The Hall–Kier alpha value is -1.11. The van der Waals surface area contributed by atoms with Gasteiger partial charge in [-0.05, 0) is 24.3 Å². The zero-order chi connectivity index (χ0) is 10.9. The van der Waals surface area contributed by atoms with Crippen molar-refractivity contribution in [2.45, 2.75) is 9.79 Å². The summed E-state index contributed by atoms with van der Waals surface area (Å²) in [6.45, 7) is 0. The van der Waals surface area contributed by atoms with Crippen LogP contribution in [0.15, 0.2) is 70.5 Å². The summed E-state index contributed by atoms with van der Waals surface area (Å²) in [6, 6.07) is 20.8. The molecule has 2 rings (SSSR count). The minimum atomic E-state index is 1.29. The predicted octanol–water partition coefficient (Wildman–Crippen LogP) is 4.31. The number of hydrogen-bond acceptors (Lipinski definition) is 2. The van der Waals surface area contributed by atoms with Crippen LogP contribution in [0.3, 0.4) is 0 Å². The van der Waals surface area contributed by atoms with E-state index in [0.29, 0.717) is 0 Å². The van der Waals surface area contributed by atoms with Gasteiger partial charge in [0, 0.05) is 9.79 Å². The topological polar surface area (TPSA) is 17.1 Å². The van der Waals surface area contributed by atoms with Crippen molar-refractivity contribution in [1.29, 1.82) is 0 Å². The lowest BCUT2D eigenvalue weighted by atomic mass is 10.4. The first-order valence-electron chi connectivity index (χ1n) is 4.43. The lowest BCUT2D eigenvalue weighted by molar-refractivity contribution is 0.607. The molecule has 0 unspecified atom stereocenters. The first kappa shape index (κ1) is 12.0. The molecule has 2 aromatic carbocycles. The first-order chi connectivity index (χ1) is 7.45. The van der Waals surface area contributed by atoms with E-state index in [-0.39, 0.29) is 0 Å². The summed E-state index contributed by atoms with van der Waals surface area (Å²) in [4.78, 5) is 2.57. The van der Waals surface area contributed by atoms with Crippen LogP contribution in [0.2, 0.25) is 0 Å². The van der Waals surface area contributed by atoms with E-state index in [1.807, 2.05) is 12.1 Å². The van der Waals surface area contributed by atoms with Gasteiger partial charge in [-0.3, -0.25) is 4.57 Å². The SMILES string of the molecule is O=P.c1ccc(Sc2ccccc2)cc1. The molecule has 0 aliphatic carbocycles.